The van der Waals surface area contributed by atoms with E-state index in [9.17, 15) is 4.79 Å². The summed E-state index contributed by atoms with van der Waals surface area (Å²) in [7, 11) is 0. The number of nitrogens with one attached hydrogen (secondary N) is 1. The first-order valence-corrected chi connectivity index (χ1v) is 6.20. The van der Waals surface area contributed by atoms with E-state index in [2.05, 4.69) is 12.2 Å². The summed E-state index contributed by atoms with van der Waals surface area (Å²) in [5, 5.41) is 12.4. The second-order valence-electron chi connectivity index (χ2n) is 4.63. The third-order valence-electron chi connectivity index (χ3n) is 3.12. The molecule has 0 bridgehead atoms. The molecule has 0 aliphatic heterocycles. The molecule has 94 valence electrons. The summed E-state index contributed by atoms with van der Waals surface area (Å²) in [6.07, 6.45) is 3.68. The molecule has 0 saturated heterocycles. The quantitative estimate of drug-likeness (QED) is 0.727. The fourth-order valence-corrected chi connectivity index (χ4v) is 2.31. The summed E-state index contributed by atoms with van der Waals surface area (Å²) in [6, 6.07) is 0.641. The highest BCUT2D eigenvalue weighted by Gasteiger charge is 2.27. The molecule has 0 aromatic carbocycles. The number of aliphatic carboxylic acids is 1. The van der Waals surface area contributed by atoms with E-state index in [-0.39, 0.29) is 5.92 Å². The molecule has 2 N–H and O–H groups in total. The van der Waals surface area contributed by atoms with Gasteiger partial charge in [-0.3, -0.25) is 4.79 Å². The largest absolute Gasteiger partial charge is 0.481 e. The van der Waals surface area contributed by atoms with Gasteiger partial charge >= 0.3 is 5.97 Å². The topological polar surface area (TPSA) is 58.6 Å². The zero-order chi connectivity index (χ0) is 12.0. The van der Waals surface area contributed by atoms with Crippen LogP contribution in [-0.2, 0) is 9.53 Å². The van der Waals surface area contributed by atoms with E-state index < -0.39 is 5.97 Å². The molecule has 3 unspecified atom stereocenters. The predicted molar refractivity (Wildman–Crippen MR) is 62.5 cm³/mol. The maximum Gasteiger partial charge on any atom is 0.306 e. The summed E-state index contributed by atoms with van der Waals surface area (Å²) < 4.78 is 5.33. The maximum absolute atomic E-state index is 10.9. The van der Waals surface area contributed by atoms with Crippen molar-refractivity contribution in [1.82, 2.24) is 5.32 Å². The van der Waals surface area contributed by atoms with Crippen molar-refractivity contribution in [1.29, 1.82) is 0 Å². The molecular formula is C12H23NO3. The molecule has 1 aliphatic carbocycles. The van der Waals surface area contributed by atoms with Gasteiger partial charge in [0.1, 0.15) is 0 Å². The summed E-state index contributed by atoms with van der Waals surface area (Å²) in [5.41, 5.74) is 0. The van der Waals surface area contributed by atoms with E-state index in [1.807, 2.05) is 6.92 Å². The van der Waals surface area contributed by atoms with E-state index >= 15 is 0 Å². The van der Waals surface area contributed by atoms with E-state index in [1.54, 1.807) is 0 Å². The lowest BCUT2D eigenvalue weighted by molar-refractivity contribution is -0.143. The van der Waals surface area contributed by atoms with Gasteiger partial charge in [0.15, 0.2) is 0 Å². The highest BCUT2D eigenvalue weighted by Crippen LogP contribution is 2.24. The molecule has 1 aliphatic rings. The second kappa shape index (κ2) is 6.86. The smallest absolute Gasteiger partial charge is 0.306 e. The first kappa shape index (κ1) is 13.5. The minimum atomic E-state index is -0.649. The Kier molecular flexibility index (Phi) is 5.77. The van der Waals surface area contributed by atoms with Gasteiger partial charge in [0.2, 0.25) is 0 Å². The monoisotopic (exact) mass is 229 g/mol. The van der Waals surface area contributed by atoms with E-state index in [1.165, 1.54) is 0 Å². The third kappa shape index (κ3) is 4.49. The van der Waals surface area contributed by atoms with Crippen LogP contribution in [0.4, 0.5) is 0 Å². The number of carboxylic acids is 1. The fraction of sp³-hybridized carbons (Fsp3) is 0.917. The zero-order valence-electron chi connectivity index (χ0n) is 10.2. The van der Waals surface area contributed by atoms with Crippen LogP contribution in [0.2, 0.25) is 0 Å². The van der Waals surface area contributed by atoms with Gasteiger partial charge in [-0.05, 0) is 33.1 Å². The predicted octanol–water partition coefficient (Wildman–Crippen LogP) is 1.64. The van der Waals surface area contributed by atoms with Gasteiger partial charge in [-0.2, -0.15) is 0 Å². The molecule has 3 atom stereocenters. The summed E-state index contributed by atoms with van der Waals surface area (Å²) >= 11 is 0. The van der Waals surface area contributed by atoms with E-state index in [0.29, 0.717) is 18.7 Å². The van der Waals surface area contributed by atoms with Crippen LogP contribution >= 0.6 is 0 Å². The molecule has 16 heavy (non-hydrogen) atoms. The van der Waals surface area contributed by atoms with Crippen molar-refractivity contribution in [3.8, 4) is 0 Å². The molecule has 0 amide bonds. The van der Waals surface area contributed by atoms with Gasteiger partial charge in [-0.25, -0.2) is 0 Å². The van der Waals surface area contributed by atoms with Crippen LogP contribution in [-0.4, -0.2) is 36.4 Å². The van der Waals surface area contributed by atoms with Crippen molar-refractivity contribution in [2.45, 2.75) is 51.6 Å². The van der Waals surface area contributed by atoms with Gasteiger partial charge in [0.25, 0.3) is 0 Å². The van der Waals surface area contributed by atoms with Crippen LogP contribution in [0.15, 0.2) is 0 Å². The number of carboxylic acid groups (broad SMARTS) is 1. The first-order valence-electron chi connectivity index (χ1n) is 6.20. The lowest BCUT2D eigenvalue weighted by Gasteiger charge is -2.29. The minimum absolute atomic E-state index is 0.162. The number of ether oxygens (including phenoxy) is 1. The van der Waals surface area contributed by atoms with Gasteiger partial charge < -0.3 is 15.2 Å². The Morgan fingerprint density at radius 2 is 2.31 bits per heavy atom. The van der Waals surface area contributed by atoms with Crippen molar-refractivity contribution >= 4 is 5.97 Å². The molecule has 1 fully saturated rings. The number of hydrogen-bond donors (Lipinski definition) is 2. The second-order valence-corrected chi connectivity index (χ2v) is 4.63. The van der Waals surface area contributed by atoms with Crippen molar-refractivity contribution in [3.05, 3.63) is 0 Å². The molecule has 1 saturated carbocycles. The Morgan fingerprint density at radius 1 is 1.56 bits per heavy atom. The third-order valence-corrected chi connectivity index (χ3v) is 3.12. The lowest BCUT2D eigenvalue weighted by atomic mass is 9.85. The Morgan fingerprint density at radius 3 is 2.94 bits per heavy atom. The fourth-order valence-electron chi connectivity index (χ4n) is 2.31. The lowest BCUT2D eigenvalue weighted by Crippen LogP contribution is -2.43. The molecule has 4 heteroatoms. The van der Waals surface area contributed by atoms with Crippen LogP contribution in [0.3, 0.4) is 0 Å². The van der Waals surface area contributed by atoms with Crippen LogP contribution in [0.25, 0.3) is 0 Å². The Bertz CT molecular complexity index is 220. The zero-order valence-corrected chi connectivity index (χ0v) is 10.2. The van der Waals surface area contributed by atoms with Gasteiger partial charge in [0, 0.05) is 18.7 Å². The summed E-state index contributed by atoms with van der Waals surface area (Å²) in [5.74, 6) is -0.811. The van der Waals surface area contributed by atoms with E-state index in [0.717, 1.165) is 32.3 Å². The molecular weight excluding hydrogens is 206 g/mol. The van der Waals surface area contributed by atoms with Gasteiger partial charge in [0.05, 0.1) is 12.5 Å². The SMILES string of the molecule is CCOCC(C)NC1CCCC(C(=O)O)C1. The highest BCUT2D eigenvalue weighted by molar-refractivity contribution is 5.70. The molecule has 0 radical (unpaired) electrons. The van der Waals surface area contributed by atoms with Crippen molar-refractivity contribution in [2.24, 2.45) is 5.92 Å². The molecule has 0 spiro atoms. The summed E-state index contributed by atoms with van der Waals surface area (Å²) in [4.78, 5) is 10.9. The molecule has 0 aromatic heterocycles. The summed E-state index contributed by atoms with van der Waals surface area (Å²) in [6.45, 7) is 5.49. The molecule has 0 aromatic rings. The van der Waals surface area contributed by atoms with Gasteiger partial charge in [-0.1, -0.05) is 6.42 Å². The number of rotatable bonds is 6. The van der Waals surface area contributed by atoms with E-state index in [4.69, 9.17) is 9.84 Å². The molecule has 4 nitrogen and oxygen atoms in total. The maximum atomic E-state index is 10.9. The van der Waals surface area contributed by atoms with Gasteiger partial charge in [-0.15, -0.1) is 0 Å². The number of carbonyl (C=O) groups is 1. The Balaban J connectivity index is 2.28. The highest BCUT2D eigenvalue weighted by atomic mass is 16.5. The van der Waals surface area contributed by atoms with Crippen LogP contribution < -0.4 is 5.32 Å². The Hall–Kier alpha value is -0.610. The van der Waals surface area contributed by atoms with Crippen molar-refractivity contribution < 1.29 is 14.6 Å². The standard InChI is InChI=1S/C12H23NO3/c1-3-16-8-9(2)13-11-6-4-5-10(7-11)12(14)15/h9-11,13H,3-8H2,1-2H3,(H,14,15). The average molecular weight is 229 g/mol. The Labute approximate surface area is 97.4 Å². The van der Waals surface area contributed by atoms with Crippen molar-refractivity contribution in [3.63, 3.8) is 0 Å². The molecule has 1 rings (SSSR count). The first-order chi connectivity index (χ1) is 7.63. The molecule has 0 heterocycles. The van der Waals surface area contributed by atoms with Crippen LogP contribution in [0.5, 0.6) is 0 Å². The van der Waals surface area contributed by atoms with Crippen LogP contribution in [0, 0.1) is 5.92 Å². The average Bonchev–Trinajstić information content (AvgIpc) is 2.26. The normalized spacial score (nSPS) is 27.6. The van der Waals surface area contributed by atoms with Crippen molar-refractivity contribution in [2.75, 3.05) is 13.2 Å². The van der Waals surface area contributed by atoms with Crippen LogP contribution in [0.1, 0.15) is 39.5 Å². The number of hydrogen-bond acceptors (Lipinski definition) is 3. The minimum Gasteiger partial charge on any atom is -0.481 e.